The molecule has 10 heteroatoms. The van der Waals surface area contributed by atoms with E-state index < -0.39 is 26.7 Å². The molecule has 0 aromatic heterocycles. The lowest BCUT2D eigenvalue weighted by Gasteiger charge is -2.35. The number of hydrogen-bond acceptors (Lipinski definition) is 4. The molecule has 6 nitrogen and oxygen atoms in total. The Balaban J connectivity index is 1.39. The molecule has 0 spiro atoms. The number of carbonyl (C=O) groups excluding carboxylic acids is 1. The fraction of sp³-hybridized carbons (Fsp3) is 0.458. The van der Waals surface area contributed by atoms with Crippen LogP contribution in [0.25, 0.3) is 0 Å². The number of amides is 1. The number of hydrogen-bond donors (Lipinski definition) is 0. The van der Waals surface area contributed by atoms with Crippen LogP contribution in [0.1, 0.15) is 41.9 Å². The van der Waals surface area contributed by atoms with Gasteiger partial charge in [-0.25, -0.2) is 8.42 Å². The summed E-state index contributed by atoms with van der Waals surface area (Å²) in [7, 11) is -2.46. The number of ether oxygens (including phenoxy) is 1. The third-order valence-electron chi connectivity index (χ3n) is 6.60. The molecule has 1 heterocycles. The maximum Gasteiger partial charge on any atom is 0.416 e. The number of methoxy groups -OCH3 is 1. The van der Waals surface area contributed by atoms with E-state index in [1.54, 1.807) is 12.0 Å². The van der Waals surface area contributed by atoms with Crippen molar-refractivity contribution < 1.29 is 31.1 Å². The average Bonchev–Trinajstić information content (AvgIpc) is 2.83. The Morgan fingerprint density at radius 2 is 1.82 bits per heavy atom. The molecular formula is C24H27F3N2O4S. The minimum Gasteiger partial charge on any atom is -0.497 e. The molecule has 2 aliphatic rings. The minimum absolute atomic E-state index is 0.0372. The topological polar surface area (TPSA) is 66.9 Å². The Hall–Kier alpha value is -2.59. The molecule has 2 aromatic rings. The summed E-state index contributed by atoms with van der Waals surface area (Å²) < 4.78 is 71.2. The highest BCUT2D eigenvalue weighted by atomic mass is 32.2. The predicted molar refractivity (Wildman–Crippen MR) is 120 cm³/mol. The summed E-state index contributed by atoms with van der Waals surface area (Å²) >= 11 is 0. The lowest BCUT2D eigenvalue weighted by atomic mass is 9.80. The molecule has 1 aliphatic heterocycles. The highest BCUT2D eigenvalue weighted by molar-refractivity contribution is 7.89. The summed E-state index contributed by atoms with van der Waals surface area (Å²) in [6.07, 6.45) is -1.43. The first-order chi connectivity index (χ1) is 16.1. The van der Waals surface area contributed by atoms with E-state index in [0.717, 1.165) is 53.1 Å². The molecule has 1 unspecified atom stereocenters. The predicted octanol–water partition coefficient (Wildman–Crippen LogP) is 4.06. The van der Waals surface area contributed by atoms with Crippen molar-refractivity contribution in [3.8, 4) is 5.75 Å². The van der Waals surface area contributed by atoms with Gasteiger partial charge >= 0.3 is 6.18 Å². The molecule has 1 atom stereocenters. The molecular weight excluding hydrogens is 469 g/mol. The molecule has 1 saturated heterocycles. The van der Waals surface area contributed by atoms with Crippen LogP contribution in [0.5, 0.6) is 5.75 Å². The Morgan fingerprint density at radius 3 is 2.50 bits per heavy atom. The third-order valence-corrected chi connectivity index (χ3v) is 8.49. The third kappa shape index (κ3) is 5.07. The van der Waals surface area contributed by atoms with Crippen LogP contribution in [0.3, 0.4) is 0 Å². The maximum atomic E-state index is 13.0. The lowest BCUT2D eigenvalue weighted by Crippen LogP contribution is -2.50. The molecule has 1 amide bonds. The number of fused-ring (bicyclic) bond motifs is 1. The Kier molecular flexibility index (Phi) is 6.91. The molecule has 4 rings (SSSR count). The number of sulfonamides is 1. The molecule has 0 bridgehead atoms. The van der Waals surface area contributed by atoms with Gasteiger partial charge in [-0.1, -0.05) is 12.1 Å². The van der Waals surface area contributed by atoms with Crippen LogP contribution in [0.4, 0.5) is 13.2 Å². The first-order valence-electron chi connectivity index (χ1n) is 11.2. The van der Waals surface area contributed by atoms with E-state index in [2.05, 4.69) is 0 Å². The van der Waals surface area contributed by atoms with E-state index in [9.17, 15) is 26.4 Å². The van der Waals surface area contributed by atoms with E-state index in [4.69, 9.17) is 4.74 Å². The highest BCUT2D eigenvalue weighted by Crippen LogP contribution is 2.36. The van der Waals surface area contributed by atoms with Crippen molar-refractivity contribution in [2.75, 3.05) is 33.3 Å². The van der Waals surface area contributed by atoms with Crippen LogP contribution >= 0.6 is 0 Å². The van der Waals surface area contributed by atoms with E-state index in [1.807, 2.05) is 18.2 Å². The zero-order valence-electron chi connectivity index (χ0n) is 18.8. The van der Waals surface area contributed by atoms with Gasteiger partial charge in [-0.3, -0.25) is 4.79 Å². The van der Waals surface area contributed by atoms with E-state index >= 15 is 0 Å². The van der Waals surface area contributed by atoms with Crippen LogP contribution in [0.2, 0.25) is 0 Å². The normalized spacial score (nSPS) is 19.5. The summed E-state index contributed by atoms with van der Waals surface area (Å²) in [6.45, 7) is 0.504. The van der Waals surface area contributed by atoms with Gasteiger partial charge in [0.05, 0.1) is 17.6 Å². The highest BCUT2D eigenvalue weighted by Gasteiger charge is 2.35. The van der Waals surface area contributed by atoms with Crippen LogP contribution in [0, 0.1) is 0 Å². The SMILES string of the molecule is COc1ccc2c(c1)CCCC2CC(=O)N1CCN(S(=O)(=O)c2cccc(C(F)(F)F)c2)CC1. The first-order valence-corrected chi connectivity index (χ1v) is 12.7. The number of aryl methyl sites for hydroxylation is 1. The second-order valence-corrected chi connectivity index (χ2v) is 10.6. The Morgan fingerprint density at radius 1 is 1.09 bits per heavy atom. The fourth-order valence-corrected chi connectivity index (χ4v) is 6.20. The molecule has 34 heavy (non-hydrogen) atoms. The van der Waals surface area contributed by atoms with Crippen molar-refractivity contribution in [3.05, 3.63) is 59.2 Å². The molecule has 0 saturated carbocycles. The van der Waals surface area contributed by atoms with Crippen LogP contribution in [0.15, 0.2) is 47.4 Å². The summed E-state index contributed by atoms with van der Waals surface area (Å²) in [6, 6.07) is 9.69. The van der Waals surface area contributed by atoms with Gasteiger partial charge in [0.25, 0.3) is 0 Å². The van der Waals surface area contributed by atoms with Gasteiger partial charge in [-0.05, 0) is 66.6 Å². The largest absolute Gasteiger partial charge is 0.497 e. The molecule has 1 aliphatic carbocycles. The van der Waals surface area contributed by atoms with Crippen LogP contribution in [-0.2, 0) is 27.4 Å². The lowest BCUT2D eigenvalue weighted by molar-refractivity contribution is -0.137. The van der Waals surface area contributed by atoms with Gasteiger partial charge in [-0.2, -0.15) is 17.5 Å². The standard InChI is InChI=1S/C24H27F3N2O4S/c1-33-20-8-9-22-17(14-20)4-2-5-18(22)15-23(30)28-10-12-29(13-11-28)34(31,32)21-7-3-6-19(16-21)24(25,26)27/h3,6-9,14,16,18H,2,4-5,10-13,15H2,1H3. The molecule has 2 aromatic carbocycles. The second-order valence-electron chi connectivity index (χ2n) is 8.67. The van der Waals surface area contributed by atoms with Gasteiger partial charge in [0.15, 0.2) is 0 Å². The number of rotatable bonds is 5. The Bertz CT molecular complexity index is 1160. The first kappa shape index (κ1) is 24.5. The number of carbonyl (C=O) groups is 1. The summed E-state index contributed by atoms with van der Waals surface area (Å²) in [5.41, 5.74) is 1.35. The van der Waals surface area contributed by atoms with Crippen LogP contribution < -0.4 is 4.74 Å². The number of piperazine rings is 1. The summed E-state index contributed by atoms with van der Waals surface area (Å²) in [4.78, 5) is 14.2. The van der Waals surface area contributed by atoms with Crippen molar-refractivity contribution >= 4 is 15.9 Å². The monoisotopic (exact) mass is 496 g/mol. The van der Waals surface area contributed by atoms with Crippen molar-refractivity contribution in [1.29, 1.82) is 0 Å². The van der Waals surface area contributed by atoms with E-state index in [-0.39, 0.29) is 38.0 Å². The minimum atomic E-state index is -4.63. The van der Waals surface area contributed by atoms with Crippen molar-refractivity contribution in [2.24, 2.45) is 0 Å². The number of alkyl halides is 3. The van der Waals surface area contributed by atoms with Gasteiger partial charge in [0, 0.05) is 32.6 Å². The quantitative estimate of drug-likeness (QED) is 0.626. The maximum absolute atomic E-state index is 13.0. The molecule has 1 fully saturated rings. The Labute approximate surface area is 197 Å². The van der Waals surface area contributed by atoms with E-state index in [0.29, 0.717) is 12.5 Å². The van der Waals surface area contributed by atoms with Crippen molar-refractivity contribution in [3.63, 3.8) is 0 Å². The van der Waals surface area contributed by atoms with Crippen LogP contribution in [-0.4, -0.2) is 56.8 Å². The summed E-state index contributed by atoms with van der Waals surface area (Å²) in [5, 5.41) is 0. The smallest absolute Gasteiger partial charge is 0.416 e. The van der Waals surface area contributed by atoms with Gasteiger partial charge < -0.3 is 9.64 Å². The number of halogens is 3. The molecule has 184 valence electrons. The number of benzene rings is 2. The van der Waals surface area contributed by atoms with Gasteiger partial charge in [-0.15, -0.1) is 0 Å². The van der Waals surface area contributed by atoms with Crippen molar-refractivity contribution in [2.45, 2.75) is 42.7 Å². The molecule has 0 radical (unpaired) electrons. The fourth-order valence-electron chi connectivity index (χ4n) is 4.73. The van der Waals surface area contributed by atoms with Crippen molar-refractivity contribution in [1.82, 2.24) is 9.21 Å². The number of nitrogens with zero attached hydrogens (tertiary/aromatic N) is 2. The van der Waals surface area contributed by atoms with Gasteiger partial charge in [0.1, 0.15) is 5.75 Å². The zero-order chi connectivity index (χ0) is 24.5. The average molecular weight is 497 g/mol. The summed E-state index contributed by atoms with van der Waals surface area (Å²) in [5.74, 6) is 0.864. The molecule has 0 N–H and O–H groups in total. The zero-order valence-corrected chi connectivity index (χ0v) is 19.7. The second kappa shape index (κ2) is 9.58. The van der Waals surface area contributed by atoms with Gasteiger partial charge in [0.2, 0.25) is 15.9 Å². The van der Waals surface area contributed by atoms with E-state index in [1.165, 1.54) is 5.56 Å².